The van der Waals surface area contributed by atoms with Crippen molar-refractivity contribution in [2.75, 3.05) is 50.7 Å². The van der Waals surface area contributed by atoms with E-state index in [1.165, 1.54) is 22.8 Å². The molecule has 12 heteroatoms. The Balaban J connectivity index is 1.57. The summed E-state index contributed by atoms with van der Waals surface area (Å²) in [6.07, 6.45) is 0.723. The molecule has 3 N–H and O–H groups in total. The molecule has 0 unspecified atom stereocenters. The van der Waals surface area contributed by atoms with E-state index in [9.17, 15) is 21.6 Å². The highest BCUT2D eigenvalue weighted by Crippen LogP contribution is 2.33. The van der Waals surface area contributed by atoms with Crippen molar-refractivity contribution in [3.05, 3.63) is 48.2 Å². The number of aromatic nitrogens is 1. The number of hydrogen-bond donors (Lipinski definition) is 3. The molecule has 0 radical (unpaired) electrons. The number of aliphatic hydroxyl groups is 1. The molecule has 1 fully saturated rings. The molecule has 3 aromatic rings. The molecule has 1 saturated carbocycles. The molecule has 1 heterocycles. The molecule has 42 heavy (non-hydrogen) atoms. The van der Waals surface area contributed by atoms with Crippen LogP contribution in [0.5, 0.6) is 5.75 Å². The highest BCUT2D eigenvalue weighted by molar-refractivity contribution is 7.90. The first-order valence-corrected chi connectivity index (χ1v) is 15.7. The van der Waals surface area contributed by atoms with Gasteiger partial charge in [-0.3, -0.25) is 0 Å². The molecule has 228 valence electrons. The normalized spacial score (nSPS) is 17.6. The number of alkyl halides is 3. The van der Waals surface area contributed by atoms with Gasteiger partial charge in [-0.2, -0.15) is 13.2 Å². The van der Waals surface area contributed by atoms with Crippen molar-refractivity contribution in [2.45, 2.75) is 55.4 Å². The van der Waals surface area contributed by atoms with E-state index in [0.717, 1.165) is 37.6 Å². The molecule has 0 spiro atoms. The first-order valence-electron chi connectivity index (χ1n) is 13.8. The topological polar surface area (TPSA) is 95.8 Å². The number of nitrogens with zero attached hydrogens (tertiary/aromatic N) is 2. The van der Waals surface area contributed by atoms with Crippen molar-refractivity contribution >= 4 is 32.1 Å². The zero-order valence-electron chi connectivity index (χ0n) is 24.0. The van der Waals surface area contributed by atoms with Crippen molar-refractivity contribution in [3.8, 4) is 17.6 Å². The summed E-state index contributed by atoms with van der Waals surface area (Å²) in [6, 6.07) is 12.1. The number of rotatable bonds is 10. The van der Waals surface area contributed by atoms with Crippen molar-refractivity contribution in [2.24, 2.45) is 0 Å². The summed E-state index contributed by atoms with van der Waals surface area (Å²) >= 11 is 0. The third-order valence-corrected chi connectivity index (χ3v) is 8.49. The average Bonchev–Trinajstić information content (AvgIpc) is 3.26. The highest BCUT2D eigenvalue weighted by Gasteiger charge is 2.30. The van der Waals surface area contributed by atoms with E-state index >= 15 is 0 Å². The van der Waals surface area contributed by atoms with Gasteiger partial charge in [-0.05, 0) is 76.0 Å². The van der Waals surface area contributed by atoms with E-state index in [2.05, 4.69) is 41.5 Å². The Labute approximate surface area is 244 Å². The fourth-order valence-corrected chi connectivity index (χ4v) is 5.88. The SMILES string of the molecule is CN(C)C1CCC(Nc2cccc3c2cc(C#CCNc2ccc(S(C)(=O)=O)cc2OCCO)n3CC(F)(F)F)CC1. The van der Waals surface area contributed by atoms with E-state index < -0.39 is 22.6 Å². The Bertz CT molecular complexity index is 1550. The molecule has 2 aromatic carbocycles. The fraction of sp³-hybridized carbons (Fsp3) is 0.467. The van der Waals surface area contributed by atoms with E-state index in [-0.39, 0.29) is 42.1 Å². The molecule has 1 aliphatic rings. The number of anilines is 2. The van der Waals surface area contributed by atoms with Gasteiger partial charge >= 0.3 is 6.18 Å². The summed E-state index contributed by atoms with van der Waals surface area (Å²) < 4.78 is 71.3. The van der Waals surface area contributed by atoms with Crippen LogP contribution < -0.4 is 15.4 Å². The van der Waals surface area contributed by atoms with Crippen LogP contribution in [-0.4, -0.2) is 81.4 Å². The molecular formula is C30H37F3N4O4S. The average molecular weight is 607 g/mol. The zero-order chi connectivity index (χ0) is 30.5. The van der Waals surface area contributed by atoms with E-state index in [4.69, 9.17) is 9.84 Å². The van der Waals surface area contributed by atoms with Gasteiger partial charge in [0.05, 0.1) is 34.9 Å². The van der Waals surface area contributed by atoms with Crippen LogP contribution in [0.25, 0.3) is 10.9 Å². The lowest BCUT2D eigenvalue weighted by Crippen LogP contribution is -2.36. The number of halogens is 3. The third-order valence-electron chi connectivity index (χ3n) is 7.38. The van der Waals surface area contributed by atoms with Crippen molar-refractivity contribution in [1.82, 2.24) is 9.47 Å². The first kappa shape index (κ1) is 31.5. The molecule has 0 amide bonds. The molecule has 0 bridgehead atoms. The van der Waals surface area contributed by atoms with Crippen LogP contribution in [0.2, 0.25) is 0 Å². The van der Waals surface area contributed by atoms with Crippen LogP contribution in [0.3, 0.4) is 0 Å². The standard InChI is InChI=1S/C30H37F3N4O4S/c1-36(2)22-11-9-21(10-12-22)35-26-7-4-8-28-25(26)18-23(37(28)20-30(31,32)33)6-5-15-34-27-14-13-24(42(3,39)40)19-29(27)41-17-16-38/h4,7-8,13-14,18-19,21-22,34-35,38H,9-12,15-17,20H2,1-3H3. The Morgan fingerprint density at radius 1 is 1.10 bits per heavy atom. The van der Waals surface area contributed by atoms with Gasteiger partial charge in [0.15, 0.2) is 9.84 Å². The summed E-state index contributed by atoms with van der Waals surface area (Å²) in [7, 11) is 0.685. The van der Waals surface area contributed by atoms with E-state index in [1.54, 1.807) is 18.2 Å². The quantitative estimate of drug-likeness (QED) is 0.288. The number of hydrogen-bond acceptors (Lipinski definition) is 7. The second-order valence-corrected chi connectivity index (χ2v) is 12.8. The van der Waals surface area contributed by atoms with Crippen LogP contribution >= 0.6 is 0 Å². The third kappa shape index (κ3) is 8.12. The van der Waals surface area contributed by atoms with Gasteiger partial charge in [-0.15, -0.1) is 0 Å². The number of benzene rings is 2. The Morgan fingerprint density at radius 2 is 1.83 bits per heavy atom. The number of fused-ring (bicyclic) bond motifs is 1. The van der Waals surface area contributed by atoms with Crippen LogP contribution in [0, 0.1) is 11.8 Å². The number of nitrogens with one attached hydrogen (secondary N) is 2. The Hall–Kier alpha value is -3.40. The summed E-state index contributed by atoms with van der Waals surface area (Å²) in [5.41, 5.74) is 1.92. The van der Waals surface area contributed by atoms with Crippen molar-refractivity contribution in [3.63, 3.8) is 0 Å². The monoisotopic (exact) mass is 606 g/mol. The molecular weight excluding hydrogens is 569 g/mol. The summed E-state index contributed by atoms with van der Waals surface area (Å²) in [6.45, 7) is -1.42. The van der Waals surface area contributed by atoms with Gasteiger partial charge in [0.1, 0.15) is 18.9 Å². The van der Waals surface area contributed by atoms with Gasteiger partial charge in [-0.1, -0.05) is 12.0 Å². The fourth-order valence-electron chi connectivity index (χ4n) is 5.25. The molecule has 1 aromatic heterocycles. The maximum atomic E-state index is 13.6. The molecule has 0 aliphatic heterocycles. The van der Waals surface area contributed by atoms with E-state index in [1.807, 2.05) is 6.07 Å². The van der Waals surface area contributed by atoms with Gasteiger partial charge in [-0.25, -0.2) is 8.42 Å². The minimum Gasteiger partial charge on any atom is -0.489 e. The second-order valence-electron chi connectivity index (χ2n) is 10.7. The van der Waals surface area contributed by atoms with Crippen molar-refractivity contribution in [1.29, 1.82) is 0 Å². The number of sulfone groups is 1. The predicted molar refractivity (Wildman–Crippen MR) is 159 cm³/mol. The lowest BCUT2D eigenvalue weighted by Gasteiger charge is -2.33. The van der Waals surface area contributed by atoms with Crippen LogP contribution in [0.4, 0.5) is 24.5 Å². The molecule has 1 aliphatic carbocycles. The van der Waals surface area contributed by atoms with Gasteiger partial charge in [0, 0.05) is 35.5 Å². The summed E-state index contributed by atoms with van der Waals surface area (Å²) in [5, 5.41) is 16.4. The van der Waals surface area contributed by atoms with Crippen LogP contribution in [0.15, 0.2) is 47.4 Å². The number of ether oxygens (including phenoxy) is 1. The largest absolute Gasteiger partial charge is 0.489 e. The lowest BCUT2D eigenvalue weighted by molar-refractivity contribution is -0.140. The molecule has 4 rings (SSSR count). The highest BCUT2D eigenvalue weighted by atomic mass is 32.2. The molecule has 0 saturated heterocycles. The second kappa shape index (κ2) is 13.3. The minimum absolute atomic E-state index is 0.0431. The maximum Gasteiger partial charge on any atom is 0.406 e. The smallest absolute Gasteiger partial charge is 0.406 e. The molecule has 0 atom stereocenters. The summed E-state index contributed by atoms with van der Waals surface area (Å²) in [5.74, 6) is 5.99. The lowest BCUT2D eigenvalue weighted by atomic mass is 9.90. The first-order chi connectivity index (χ1) is 19.9. The summed E-state index contributed by atoms with van der Waals surface area (Å²) in [4.78, 5) is 2.29. The minimum atomic E-state index is -4.44. The number of aliphatic hydroxyl groups excluding tert-OH is 1. The Kier molecular flexibility index (Phi) is 9.97. The zero-order valence-corrected chi connectivity index (χ0v) is 24.8. The van der Waals surface area contributed by atoms with Crippen molar-refractivity contribution < 1.29 is 31.4 Å². The maximum absolute atomic E-state index is 13.6. The van der Waals surface area contributed by atoms with Gasteiger partial charge < -0.3 is 29.9 Å². The predicted octanol–water partition coefficient (Wildman–Crippen LogP) is 4.73. The van der Waals surface area contributed by atoms with Gasteiger partial charge in [0.25, 0.3) is 0 Å². The van der Waals surface area contributed by atoms with Crippen LogP contribution in [0.1, 0.15) is 31.4 Å². The molecule has 8 nitrogen and oxygen atoms in total. The van der Waals surface area contributed by atoms with E-state index in [0.29, 0.717) is 22.6 Å². The van der Waals surface area contributed by atoms with Crippen LogP contribution in [-0.2, 0) is 16.4 Å². The van der Waals surface area contributed by atoms with Gasteiger partial charge in [0.2, 0.25) is 0 Å². The Morgan fingerprint density at radius 3 is 2.48 bits per heavy atom.